The van der Waals surface area contributed by atoms with Crippen LogP contribution in [-0.4, -0.2) is 16.7 Å². The summed E-state index contributed by atoms with van der Waals surface area (Å²) in [6.07, 6.45) is 1.60. The van der Waals surface area contributed by atoms with Crippen LogP contribution in [-0.2, 0) is 6.54 Å². The summed E-state index contributed by atoms with van der Waals surface area (Å²) in [5, 5.41) is 1.69. The Labute approximate surface area is 151 Å². The molecule has 1 aliphatic carbocycles. The quantitative estimate of drug-likeness (QED) is 0.602. The zero-order valence-corrected chi connectivity index (χ0v) is 14.8. The summed E-state index contributed by atoms with van der Waals surface area (Å²) < 4.78 is 22.1. The lowest BCUT2D eigenvalue weighted by molar-refractivity contribution is 0.415. The highest BCUT2D eigenvalue weighted by molar-refractivity contribution is 7.10. The normalized spacial score (nSPS) is 14.1. The number of ether oxygens (including phenoxy) is 1. The highest BCUT2D eigenvalue weighted by atomic mass is 32.1. The van der Waals surface area contributed by atoms with Crippen LogP contribution in [0.4, 0.5) is 10.1 Å². The Morgan fingerprint density at radius 3 is 2.73 bits per heavy atom. The van der Waals surface area contributed by atoms with Crippen molar-refractivity contribution in [2.24, 2.45) is 5.73 Å². The van der Waals surface area contributed by atoms with Crippen molar-refractivity contribution in [3.8, 4) is 16.9 Å². The van der Waals surface area contributed by atoms with Crippen molar-refractivity contribution in [3.05, 3.63) is 43.0 Å². The van der Waals surface area contributed by atoms with Crippen LogP contribution in [0.3, 0.4) is 0 Å². The van der Waals surface area contributed by atoms with Gasteiger partial charge in [-0.2, -0.15) is 0 Å². The molecule has 1 aromatic carbocycles. The van der Waals surface area contributed by atoms with Crippen molar-refractivity contribution in [1.82, 2.24) is 9.55 Å². The lowest BCUT2D eigenvalue weighted by Crippen LogP contribution is -2.31. The van der Waals surface area contributed by atoms with E-state index in [1.165, 1.54) is 23.0 Å². The molecule has 2 aromatic heterocycles. The number of nitrogens with one attached hydrogen (secondary N) is 1. The number of aromatic nitrogens is 2. The molecule has 9 heteroatoms. The number of rotatable bonds is 4. The lowest BCUT2D eigenvalue weighted by Gasteiger charge is -2.18. The Morgan fingerprint density at radius 2 is 2.15 bits per heavy atom. The number of nitrogens with two attached hydrogens (primary N) is 2. The van der Waals surface area contributed by atoms with E-state index in [0.29, 0.717) is 12.1 Å². The number of anilines is 1. The smallest absolute Gasteiger partial charge is 0.329 e. The summed E-state index contributed by atoms with van der Waals surface area (Å²) in [5.41, 5.74) is 11.0. The van der Waals surface area contributed by atoms with Crippen molar-refractivity contribution in [2.45, 2.75) is 25.4 Å². The number of hydrogen-bond acceptors (Lipinski definition) is 6. The van der Waals surface area contributed by atoms with E-state index >= 15 is 4.39 Å². The van der Waals surface area contributed by atoms with Gasteiger partial charge in [0.15, 0.2) is 11.6 Å². The first kappa shape index (κ1) is 16.8. The van der Waals surface area contributed by atoms with Crippen molar-refractivity contribution < 1.29 is 9.13 Å². The maximum Gasteiger partial charge on any atom is 0.329 e. The molecule has 0 amide bonds. The first-order valence-electron chi connectivity index (χ1n) is 8.09. The Bertz CT molecular complexity index is 1140. The summed E-state index contributed by atoms with van der Waals surface area (Å²) in [5.74, 6) is -0.620. The molecule has 7 nitrogen and oxygen atoms in total. The zero-order chi connectivity index (χ0) is 18.6. The molecule has 1 saturated carbocycles. The molecule has 0 spiro atoms. The number of H-pyrrole nitrogens is 1. The number of methoxy groups -OCH3 is 1. The third kappa shape index (κ3) is 2.35. The Balaban J connectivity index is 2.20. The van der Waals surface area contributed by atoms with Crippen molar-refractivity contribution in [1.29, 1.82) is 0 Å². The molecule has 4 rings (SSSR count). The van der Waals surface area contributed by atoms with Crippen LogP contribution in [0, 0.1) is 5.82 Å². The van der Waals surface area contributed by atoms with E-state index in [1.807, 2.05) is 0 Å². The van der Waals surface area contributed by atoms with Crippen LogP contribution >= 0.6 is 11.3 Å². The molecule has 26 heavy (non-hydrogen) atoms. The number of hydrogen-bond donors (Lipinski definition) is 3. The Kier molecular flexibility index (Phi) is 3.85. The van der Waals surface area contributed by atoms with Gasteiger partial charge in [-0.15, -0.1) is 11.3 Å². The minimum atomic E-state index is -0.748. The number of nitrogens with zero attached hydrogens (tertiary/aromatic N) is 1. The van der Waals surface area contributed by atoms with Gasteiger partial charge in [-0.05, 0) is 29.9 Å². The highest BCUT2D eigenvalue weighted by Crippen LogP contribution is 2.45. The number of aromatic amines is 1. The highest BCUT2D eigenvalue weighted by Gasteiger charge is 2.32. The average Bonchev–Trinajstić information content (AvgIpc) is 3.33. The van der Waals surface area contributed by atoms with E-state index < -0.39 is 17.1 Å². The van der Waals surface area contributed by atoms with Gasteiger partial charge in [-0.1, -0.05) is 0 Å². The molecule has 1 aliphatic rings. The number of fused-ring (bicyclic) bond motifs is 1. The van der Waals surface area contributed by atoms with Gasteiger partial charge < -0.3 is 16.2 Å². The van der Waals surface area contributed by atoms with E-state index in [9.17, 15) is 9.59 Å². The van der Waals surface area contributed by atoms with Gasteiger partial charge in [0.25, 0.3) is 5.56 Å². The molecule has 0 bridgehead atoms. The molecule has 0 aliphatic heterocycles. The molecule has 136 valence electrons. The fourth-order valence-corrected chi connectivity index (χ4v) is 4.00. The summed E-state index contributed by atoms with van der Waals surface area (Å²) in [4.78, 5) is 27.8. The predicted molar refractivity (Wildman–Crippen MR) is 99.2 cm³/mol. The molecule has 0 radical (unpaired) electrons. The summed E-state index contributed by atoms with van der Waals surface area (Å²) >= 11 is 1.39. The number of benzene rings is 1. The van der Waals surface area contributed by atoms with E-state index in [1.54, 1.807) is 11.4 Å². The third-order valence-corrected chi connectivity index (χ3v) is 5.53. The van der Waals surface area contributed by atoms with Crippen LogP contribution in [0.25, 0.3) is 22.0 Å². The lowest BCUT2D eigenvalue weighted by atomic mass is 10.0. The van der Waals surface area contributed by atoms with E-state index in [2.05, 4.69) is 4.98 Å². The van der Waals surface area contributed by atoms with Crippen LogP contribution in [0.15, 0.2) is 21.0 Å². The zero-order valence-electron chi connectivity index (χ0n) is 14.0. The number of halogens is 1. The minimum absolute atomic E-state index is 0.0597. The number of nitrogen functional groups attached to an aromatic ring is 1. The molecule has 1 fully saturated rings. The van der Waals surface area contributed by atoms with E-state index in [4.69, 9.17) is 16.2 Å². The Morgan fingerprint density at radius 1 is 1.42 bits per heavy atom. The third-order valence-electron chi connectivity index (χ3n) is 4.57. The van der Waals surface area contributed by atoms with Gasteiger partial charge in [0.2, 0.25) is 0 Å². The first-order chi connectivity index (χ1) is 12.5. The minimum Gasteiger partial charge on any atom is -0.494 e. The summed E-state index contributed by atoms with van der Waals surface area (Å²) in [7, 11) is 1.38. The SMILES string of the molecule is COc1c(-c2csc(CN)c2)c(F)c(N)c2c(=O)[nH]c(=O)n(C3CC3)c12. The fraction of sp³-hybridized carbons (Fsp3) is 0.294. The van der Waals surface area contributed by atoms with Crippen LogP contribution in [0.1, 0.15) is 23.8 Å². The molecule has 3 aromatic rings. The van der Waals surface area contributed by atoms with Crippen molar-refractivity contribution >= 4 is 27.9 Å². The van der Waals surface area contributed by atoms with Gasteiger partial charge >= 0.3 is 5.69 Å². The molecule has 0 unspecified atom stereocenters. The average molecular weight is 376 g/mol. The van der Waals surface area contributed by atoms with Crippen LogP contribution in [0.5, 0.6) is 5.75 Å². The van der Waals surface area contributed by atoms with Gasteiger partial charge in [0, 0.05) is 17.5 Å². The van der Waals surface area contributed by atoms with E-state index in [-0.39, 0.29) is 33.9 Å². The van der Waals surface area contributed by atoms with Crippen LogP contribution < -0.4 is 27.5 Å². The standard InChI is InChI=1S/C17H17FN4O3S/c1-25-15-10(7-4-9(5-19)26-6-7)12(18)13(20)11-14(15)22(8-2-3-8)17(24)21-16(11)23/h4,6,8H,2-3,5,19-20H2,1H3,(H,21,23,24). The van der Waals surface area contributed by atoms with Crippen LogP contribution in [0.2, 0.25) is 0 Å². The van der Waals surface area contributed by atoms with Gasteiger partial charge in [0.1, 0.15) is 5.52 Å². The first-order valence-corrected chi connectivity index (χ1v) is 8.97. The monoisotopic (exact) mass is 376 g/mol. The molecular weight excluding hydrogens is 359 g/mol. The second kappa shape index (κ2) is 5.96. The van der Waals surface area contributed by atoms with Gasteiger partial charge in [-0.25, -0.2) is 9.18 Å². The fourth-order valence-electron chi connectivity index (χ4n) is 3.24. The molecule has 0 atom stereocenters. The Hall–Kier alpha value is -2.65. The van der Waals surface area contributed by atoms with Gasteiger partial charge in [-0.3, -0.25) is 14.3 Å². The second-order valence-electron chi connectivity index (χ2n) is 6.23. The second-order valence-corrected chi connectivity index (χ2v) is 7.22. The summed E-state index contributed by atoms with van der Waals surface area (Å²) in [6, 6.07) is 1.69. The maximum atomic E-state index is 15.1. The molecular formula is C17H17FN4O3S. The largest absolute Gasteiger partial charge is 0.494 e. The molecule has 2 heterocycles. The summed E-state index contributed by atoms with van der Waals surface area (Å²) in [6.45, 7) is 0.324. The molecule has 0 saturated heterocycles. The molecule has 5 N–H and O–H groups in total. The van der Waals surface area contributed by atoms with Crippen molar-refractivity contribution in [3.63, 3.8) is 0 Å². The van der Waals surface area contributed by atoms with Crippen molar-refractivity contribution in [2.75, 3.05) is 12.8 Å². The maximum absolute atomic E-state index is 15.1. The predicted octanol–water partition coefficient (Wildman–Crippen LogP) is 1.94. The number of thiophene rings is 1. The van der Waals surface area contributed by atoms with E-state index in [0.717, 1.165) is 17.7 Å². The van der Waals surface area contributed by atoms with Gasteiger partial charge in [0.05, 0.1) is 23.7 Å². The topological polar surface area (TPSA) is 116 Å².